The van der Waals surface area contributed by atoms with Crippen LogP contribution < -0.4 is 5.48 Å². The van der Waals surface area contributed by atoms with Gasteiger partial charge in [0.25, 0.3) is 5.91 Å². The number of hydrogen-bond acceptors (Lipinski definition) is 4. The van der Waals surface area contributed by atoms with Crippen LogP contribution in [0.15, 0.2) is 72.8 Å². The van der Waals surface area contributed by atoms with E-state index in [1.807, 2.05) is 60.7 Å². The Morgan fingerprint density at radius 1 is 1.00 bits per heavy atom. The molecule has 3 aromatic carbocycles. The topological polar surface area (TPSA) is 95.1 Å². The third-order valence-electron chi connectivity index (χ3n) is 5.04. The highest BCUT2D eigenvalue weighted by Crippen LogP contribution is 2.24. The summed E-state index contributed by atoms with van der Waals surface area (Å²) in [5.41, 5.74) is 8.16. The van der Waals surface area contributed by atoms with Gasteiger partial charge in [-0.2, -0.15) is 0 Å². The molecule has 154 valence electrons. The fourth-order valence-corrected chi connectivity index (χ4v) is 3.37. The molecular formula is C25H21N3O3. The van der Waals surface area contributed by atoms with E-state index in [1.165, 1.54) is 6.08 Å². The molecule has 0 atom stereocenters. The van der Waals surface area contributed by atoms with Gasteiger partial charge in [-0.3, -0.25) is 14.8 Å². The molecular weight excluding hydrogens is 390 g/mol. The number of aromatic nitrogens is 2. The molecule has 0 bridgehead atoms. The van der Waals surface area contributed by atoms with E-state index in [0.717, 1.165) is 39.1 Å². The number of rotatable bonds is 6. The predicted octanol–water partition coefficient (Wildman–Crippen LogP) is 4.54. The zero-order valence-corrected chi connectivity index (χ0v) is 16.9. The Morgan fingerprint density at radius 2 is 1.71 bits per heavy atom. The largest absolute Gasteiger partial charge is 0.342 e. The Bertz CT molecular complexity index is 1270. The highest BCUT2D eigenvalue weighted by molar-refractivity contribution is 5.94. The number of H-pyrrole nitrogens is 1. The lowest BCUT2D eigenvalue weighted by Crippen LogP contribution is -2.14. The summed E-state index contributed by atoms with van der Waals surface area (Å²) < 4.78 is 0. The molecule has 4 rings (SSSR count). The average Bonchev–Trinajstić information content (AvgIpc) is 3.19. The van der Waals surface area contributed by atoms with Gasteiger partial charge in [0.1, 0.15) is 5.82 Å². The lowest BCUT2D eigenvalue weighted by Gasteiger charge is -2.03. The molecule has 6 nitrogen and oxygen atoms in total. The second-order valence-corrected chi connectivity index (χ2v) is 7.28. The molecule has 31 heavy (non-hydrogen) atoms. The van der Waals surface area contributed by atoms with E-state index in [1.54, 1.807) is 18.5 Å². The summed E-state index contributed by atoms with van der Waals surface area (Å²) in [6.45, 7) is 1.56. The molecule has 0 aliphatic rings. The Balaban J connectivity index is 1.51. The zero-order chi connectivity index (χ0) is 21.8. The van der Waals surface area contributed by atoms with Gasteiger partial charge in [-0.05, 0) is 47.4 Å². The molecule has 1 amide bonds. The van der Waals surface area contributed by atoms with Crippen LogP contribution in [0.25, 0.3) is 28.2 Å². The molecule has 6 heteroatoms. The number of hydrogen-bond donors (Lipinski definition) is 3. The number of imidazole rings is 1. The Hall–Kier alpha value is -4.03. The van der Waals surface area contributed by atoms with Crippen LogP contribution in [0.5, 0.6) is 0 Å². The van der Waals surface area contributed by atoms with Crippen molar-refractivity contribution < 1.29 is 14.8 Å². The van der Waals surface area contributed by atoms with Gasteiger partial charge in [0.15, 0.2) is 5.78 Å². The number of fused-ring (bicyclic) bond motifs is 1. The third-order valence-corrected chi connectivity index (χ3v) is 5.04. The molecule has 0 radical (unpaired) electrons. The first kappa shape index (κ1) is 20.3. The number of amides is 1. The summed E-state index contributed by atoms with van der Waals surface area (Å²) in [6.07, 6.45) is 3.54. The molecule has 1 heterocycles. The number of nitrogens with zero attached hydrogens (tertiary/aromatic N) is 1. The third kappa shape index (κ3) is 4.76. The molecule has 4 aromatic rings. The van der Waals surface area contributed by atoms with E-state index < -0.39 is 5.91 Å². The zero-order valence-electron chi connectivity index (χ0n) is 16.9. The van der Waals surface area contributed by atoms with Crippen molar-refractivity contribution in [2.75, 3.05) is 0 Å². The van der Waals surface area contributed by atoms with Crippen molar-refractivity contribution in [1.82, 2.24) is 15.4 Å². The van der Waals surface area contributed by atoms with Crippen molar-refractivity contribution in [2.24, 2.45) is 0 Å². The Labute approximate surface area is 179 Å². The summed E-state index contributed by atoms with van der Waals surface area (Å²) in [4.78, 5) is 30.6. The molecule has 0 unspecified atom stereocenters. The highest BCUT2D eigenvalue weighted by atomic mass is 16.5. The highest BCUT2D eigenvalue weighted by Gasteiger charge is 2.07. The number of aromatic amines is 1. The first-order chi connectivity index (χ1) is 15.0. The standard InChI is InChI=1S/C25H21N3O3/c1-16(29)19-7-9-20(10-8-19)21-11-12-22-23(15-21)27-24(26-22)14-18-4-2-17(3-5-18)6-13-25(30)28-31/h2-13,15,31H,14H2,1H3,(H,26,27)(H,28,30)/b13-6+. The summed E-state index contributed by atoms with van der Waals surface area (Å²) in [5, 5.41) is 8.52. The van der Waals surface area contributed by atoms with Gasteiger partial charge >= 0.3 is 0 Å². The van der Waals surface area contributed by atoms with Gasteiger partial charge in [0.2, 0.25) is 0 Å². The molecule has 0 aliphatic carbocycles. The SMILES string of the molecule is CC(=O)c1ccc(-c2ccc3nc(Cc4ccc(/C=C/C(=O)NO)cc4)[nH]c3c2)cc1. The van der Waals surface area contributed by atoms with Crippen LogP contribution in [0.3, 0.4) is 0 Å². The van der Waals surface area contributed by atoms with E-state index in [2.05, 4.69) is 16.0 Å². The van der Waals surface area contributed by atoms with Gasteiger partial charge in [-0.15, -0.1) is 0 Å². The van der Waals surface area contributed by atoms with Crippen LogP contribution in [0.4, 0.5) is 0 Å². The van der Waals surface area contributed by atoms with E-state index in [-0.39, 0.29) is 5.78 Å². The summed E-state index contributed by atoms with van der Waals surface area (Å²) in [6, 6.07) is 21.4. The van der Waals surface area contributed by atoms with Crippen molar-refractivity contribution in [2.45, 2.75) is 13.3 Å². The minimum absolute atomic E-state index is 0.0555. The van der Waals surface area contributed by atoms with E-state index in [4.69, 9.17) is 5.21 Å². The first-order valence-corrected chi connectivity index (χ1v) is 9.83. The van der Waals surface area contributed by atoms with Crippen LogP contribution >= 0.6 is 0 Å². The van der Waals surface area contributed by atoms with Gasteiger partial charge in [0, 0.05) is 18.1 Å². The van der Waals surface area contributed by atoms with Crippen LogP contribution in [0.1, 0.15) is 34.2 Å². The quantitative estimate of drug-likeness (QED) is 0.188. The minimum Gasteiger partial charge on any atom is -0.342 e. The summed E-state index contributed by atoms with van der Waals surface area (Å²) >= 11 is 0. The minimum atomic E-state index is -0.569. The van der Waals surface area contributed by atoms with Crippen molar-refractivity contribution in [3.63, 3.8) is 0 Å². The van der Waals surface area contributed by atoms with Gasteiger partial charge < -0.3 is 4.98 Å². The van der Waals surface area contributed by atoms with E-state index in [9.17, 15) is 9.59 Å². The Morgan fingerprint density at radius 3 is 2.39 bits per heavy atom. The van der Waals surface area contributed by atoms with Crippen molar-refractivity contribution in [3.05, 3.63) is 95.3 Å². The lowest BCUT2D eigenvalue weighted by molar-refractivity contribution is -0.124. The monoisotopic (exact) mass is 411 g/mol. The van der Waals surface area contributed by atoms with Crippen LogP contribution in [-0.4, -0.2) is 26.9 Å². The van der Waals surface area contributed by atoms with Crippen molar-refractivity contribution in [1.29, 1.82) is 0 Å². The maximum Gasteiger partial charge on any atom is 0.267 e. The van der Waals surface area contributed by atoms with E-state index in [0.29, 0.717) is 12.0 Å². The number of carbonyl (C=O) groups is 2. The number of carbonyl (C=O) groups excluding carboxylic acids is 2. The first-order valence-electron chi connectivity index (χ1n) is 9.83. The smallest absolute Gasteiger partial charge is 0.267 e. The van der Waals surface area contributed by atoms with Gasteiger partial charge in [-0.25, -0.2) is 10.5 Å². The van der Waals surface area contributed by atoms with E-state index >= 15 is 0 Å². The molecule has 3 N–H and O–H groups in total. The average molecular weight is 411 g/mol. The molecule has 0 fully saturated rings. The summed E-state index contributed by atoms with van der Waals surface area (Å²) in [5.74, 6) is 0.350. The number of nitrogens with one attached hydrogen (secondary N) is 2. The van der Waals surface area contributed by atoms with Crippen LogP contribution in [-0.2, 0) is 11.2 Å². The molecule has 0 saturated heterocycles. The van der Waals surface area contributed by atoms with Crippen LogP contribution in [0.2, 0.25) is 0 Å². The normalized spacial score (nSPS) is 11.2. The number of ketones is 1. The summed E-state index contributed by atoms with van der Waals surface area (Å²) in [7, 11) is 0. The number of hydroxylamine groups is 1. The lowest BCUT2D eigenvalue weighted by atomic mass is 10.0. The number of benzene rings is 3. The Kier molecular flexibility index (Phi) is 5.73. The predicted molar refractivity (Wildman–Crippen MR) is 120 cm³/mol. The molecule has 0 aliphatic heterocycles. The second kappa shape index (κ2) is 8.77. The maximum absolute atomic E-state index is 11.5. The van der Waals surface area contributed by atoms with Gasteiger partial charge in [-0.1, -0.05) is 54.6 Å². The van der Waals surface area contributed by atoms with Crippen molar-refractivity contribution >= 4 is 28.8 Å². The van der Waals surface area contributed by atoms with Gasteiger partial charge in [0.05, 0.1) is 11.0 Å². The van der Waals surface area contributed by atoms with Crippen LogP contribution in [0, 0.1) is 0 Å². The molecule has 0 saturated carbocycles. The van der Waals surface area contributed by atoms with Crippen molar-refractivity contribution in [3.8, 4) is 11.1 Å². The maximum atomic E-state index is 11.5. The fraction of sp³-hybridized carbons (Fsp3) is 0.0800. The molecule has 1 aromatic heterocycles. The fourth-order valence-electron chi connectivity index (χ4n) is 3.37. The second-order valence-electron chi connectivity index (χ2n) is 7.28. The molecule has 0 spiro atoms. The number of Topliss-reactive ketones (excluding diaryl/α,β-unsaturated/α-hetero) is 1.